The van der Waals surface area contributed by atoms with Crippen molar-refractivity contribution in [2.24, 2.45) is 0 Å². The van der Waals surface area contributed by atoms with Gasteiger partial charge in [-0.2, -0.15) is 0 Å². The molecule has 0 bridgehead atoms. The number of rotatable bonds is 5. The second-order valence-corrected chi connectivity index (χ2v) is 6.42. The second-order valence-electron chi connectivity index (χ2n) is 5.48. The minimum atomic E-state index is -0.527. The fourth-order valence-corrected chi connectivity index (χ4v) is 3.25. The minimum Gasteiger partial charge on any atom is -0.338 e. The van der Waals surface area contributed by atoms with E-state index in [1.54, 1.807) is 6.07 Å². The van der Waals surface area contributed by atoms with Crippen molar-refractivity contribution in [1.29, 1.82) is 0 Å². The maximum absolute atomic E-state index is 12.3. The molecule has 0 aliphatic heterocycles. The summed E-state index contributed by atoms with van der Waals surface area (Å²) in [5, 5.41) is 20.4. The number of carbonyl (C=O) groups excluding carboxylic acids is 1. The van der Waals surface area contributed by atoms with Gasteiger partial charge >= 0.3 is 0 Å². The number of H-pyrrole nitrogens is 1. The lowest BCUT2D eigenvalue weighted by Crippen LogP contribution is -2.04. The predicted octanol–water partition coefficient (Wildman–Crippen LogP) is 3.39. The molecule has 4 aromatic rings. The van der Waals surface area contributed by atoms with Gasteiger partial charge in [-0.15, -0.1) is 10.2 Å². The number of nitrogens with zero attached hydrogens (tertiary/aromatic N) is 4. The quantitative estimate of drug-likeness (QED) is 0.249. The fraction of sp³-hybridized carbons (Fsp3) is 0.0588. The highest BCUT2D eigenvalue weighted by Gasteiger charge is 2.14. The van der Waals surface area contributed by atoms with Gasteiger partial charge in [0.2, 0.25) is 5.16 Å². The molecule has 0 unspecified atom stereocenters. The summed E-state index contributed by atoms with van der Waals surface area (Å²) in [6.07, 6.45) is 0. The van der Waals surface area contributed by atoms with Crippen LogP contribution in [0.3, 0.4) is 0 Å². The van der Waals surface area contributed by atoms with Gasteiger partial charge in [0.1, 0.15) is 5.52 Å². The summed E-state index contributed by atoms with van der Waals surface area (Å²) >= 11 is 1.14. The van der Waals surface area contributed by atoms with E-state index in [-0.39, 0.29) is 22.8 Å². The Bertz CT molecular complexity index is 1160. The Morgan fingerprint density at radius 3 is 2.85 bits per heavy atom. The number of ketones is 1. The van der Waals surface area contributed by atoms with Gasteiger partial charge in [0, 0.05) is 28.6 Å². The van der Waals surface area contributed by atoms with Gasteiger partial charge in [-0.25, -0.2) is 4.98 Å². The third-order valence-electron chi connectivity index (χ3n) is 3.81. The van der Waals surface area contributed by atoms with Crippen molar-refractivity contribution in [2.75, 3.05) is 5.75 Å². The van der Waals surface area contributed by atoms with Gasteiger partial charge in [-0.3, -0.25) is 14.9 Å². The first-order chi connectivity index (χ1) is 12.6. The highest BCUT2D eigenvalue weighted by molar-refractivity contribution is 7.99. The van der Waals surface area contributed by atoms with Crippen LogP contribution >= 0.6 is 11.8 Å². The maximum atomic E-state index is 12.3. The zero-order valence-corrected chi connectivity index (χ0v) is 14.1. The number of thioether (sulfide) groups is 1. The van der Waals surface area contributed by atoms with Crippen LogP contribution in [0.5, 0.6) is 0 Å². The summed E-state index contributed by atoms with van der Waals surface area (Å²) in [5.41, 5.74) is 2.37. The van der Waals surface area contributed by atoms with Crippen molar-refractivity contribution in [3.05, 3.63) is 64.2 Å². The average Bonchev–Trinajstić information content (AvgIpc) is 3.04. The normalized spacial score (nSPS) is 11.1. The molecule has 0 saturated heterocycles. The highest BCUT2D eigenvalue weighted by atomic mass is 32.2. The average molecular weight is 365 g/mol. The Kier molecular flexibility index (Phi) is 4.05. The molecule has 2 aromatic heterocycles. The van der Waals surface area contributed by atoms with Crippen molar-refractivity contribution in [2.45, 2.75) is 5.16 Å². The van der Waals surface area contributed by atoms with Crippen LogP contribution < -0.4 is 0 Å². The molecule has 0 atom stereocenters. The van der Waals surface area contributed by atoms with Gasteiger partial charge in [-0.1, -0.05) is 42.1 Å². The topological polar surface area (TPSA) is 115 Å². The first-order valence-corrected chi connectivity index (χ1v) is 8.62. The Labute approximate surface area is 150 Å². The minimum absolute atomic E-state index is 0.0641. The third kappa shape index (κ3) is 3.00. The van der Waals surface area contributed by atoms with Crippen LogP contribution in [0, 0.1) is 10.1 Å². The molecule has 0 aliphatic rings. The summed E-state index contributed by atoms with van der Waals surface area (Å²) in [4.78, 5) is 30.1. The molecular formula is C17H11N5O3S. The summed E-state index contributed by atoms with van der Waals surface area (Å²) in [7, 11) is 0. The highest BCUT2D eigenvalue weighted by Crippen LogP contribution is 2.24. The van der Waals surface area contributed by atoms with Crippen molar-refractivity contribution in [3.8, 4) is 0 Å². The van der Waals surface area contributed by atoms with Crippen LogP contribution in [0.2, 0.25) is 0 Å². The lowest BCUT2D eigenvalue weighted by Gasteiger charge is -2.00. The van der Waals surface area contributed by atoms with Gasteiger partial charge in [0.05, 0.1) is 10.7 Å². The summed E-state index contributed by atoms with van der Waals surface area (Å²) < 4.78 is 0. The van der Waals surface area contributed by atoms with Crippen LogP contribution in [-0.2, 0) is 0 Å². The van der Waals surface area contributed by atoms with E-state index < -0.39 is 4.92 Å². The fourth-order valence-electron chi connectivity index (χ4n) is 2.57. The van der Waals surface area contributed by atoms with E-state index in [1.165, 1.54) is 18.2 Å². The zero-order chi connectivity index (χ0) is 18.1. The van der Waals surface area contributed by atoms with E-state index >= 15 is 0 Å². The number of nitrogens with one attached hydrogen (secondary N) is 1. The molecule has 2 aromatic carbocycles. The molecule has 4 rings (SSSR count). The number of aromatic nitrogens is 4. The van der Waals surface area contributed by atoms with Crippen LogP contribution in [0.15, 0.2) is 53.7 Å². The van der Waals surface area contributed by atoms with E-state index in [0.29, 0.717) is 16.3 Å². The van der Waals surface area contributed by atoms with E-state index in [0.717, 1.165) is 22.7 Å². The van der Waals surface area contributed by atoms with E-state index in [1.807, 2.05) is 24.3 Å². The van der Waals surface area contributed by atoms with E-state index in [2.05, 4.69) is 20.2 Å². The molecule has 0 spiro atoms. The Morgan fingerprint density at radius 2 is 2.00 bits per heavy atom. The van der Waals surface area contributed by atoms with Crippen molar-refractivity contribution < 1.29 is 9.72 Å². The molecule has 9 heteroatoms. The van der Waals surface area contributed by atoms with E-state index in [9.17, 15) is 14.9 Å². The van der Waals surface area contributed by atoms with Gasteiger partial charge in [0.25, 0.3) is 5.69 Å². The monoisotopic (exact) mass is 365 g/mol. The first kappa shape index (κ1) is 16.2. The molecular weight excluding hydrogens is 354 g/mol. The third-order valence-corrected chi connectivity index (χ3v) is 4.65. The molecule has 26 heavy (non-hydrogen) atoms. The molecule has 1 N–H and O–H groups in total. The number of aromatic amines is 1. The molecule has 0 fully saturated rings. The van der Waals surface area contributed by atoms with Crippen molar-refractivity contribution in [3.63, 3.8) is 0 Å². The number of carbonyl (C=O) groups is 1. The molecule has 0 aliphatic carbocycles. The lowest BCUT2D eigenvalue weighted by molar-refractivity contribution is -0.384. The summed E-state index contributed by atoms with van der Waals surface area (Å²) in [5.74, 6) is -0.173. The Morgan fingerprint density at radius 1 is 1.15 bits per heavy atom. The molecule has 0 radical (unpaired) electrons. The van der Waals surface area contributed by atoms with E-state index in [4.69, 9.17) is 0 Å². The molecule has 128 valence electrons. The van der Waals surface area contributed by atoms with Gasteiger partial charge in [0.15, 0.2) is 11.4 Å². The number of hydrogen-bond donors (Lipinski definition) is 1. The Hall–Kier alpha value is -3.33. The molecule has 0 saturated carbocycles. The first-order valence-electron chi connectivity index (χ1n) is 7.63. The second kappa shape index (κ2) is 6.52. The SMILES string of the molecule is O=C(CSc1nnc2c(n1)[nH]c1ccccc12)c1cccc([N+](=O)[O-])c1. The summed E-state index contributed by atoms with van der Waals surface area (Å²) in [6, 6.07) is 13.3. The standard InChI is InChI=1S/C17H11N5O3S/c23-14(10-4-3-5-11(8-10)22(24)25)9-26-17-19-16-15(20-21-17)12-6-1-2-7-13(12)18-16/h1-8H,9H2,(H,18,19,21). The zero-order valence-electron chi connectivity index (χ0n) is 13.2. The molecule has 0 amide bonds. The molecule has 8 nitrogen and oxygen atoms in total. The van der Waals surface area contributed by atoms with Gasteiger partial charge in [-0.05, 0) is 6.07 Å². The number of Topliss-reactive ketones (excluding diaryl/α,β-unsaturated/α-hetero) is 1. The number of non-ortho nitro benzene ring substituents is 1. The smallest absolute Gasteiger partial charge is 0.270 e. The number of nitro benzene ring substituents is 1. The van der Waals surface area contributed by atoms with Crippen molar-refractivity contribution >= 4 is 45.3 Å². The summed E-state index contributed by atoms with van der Waals surface area (Å²) in [6.45, 7) is 0. The Balaban J connectivity index is 1.54. The number of fused-ring (bicyclic) bond motifs is 3. The number of nitro groups is 1. The number of hydrogen-bond acceptors (Lipinski definition) is 7. The lowest BCUT2D eigenvalue weighted by atomic mass is 10.1. The van der Waals surface area contributed by atoms with Crippen LogP contribution in [0.1, 0.15) is 10.4 Å². The van der Waals surface area contributed by atoms with Crippen molar-refractivity contribution in [1.82, 2.24) is 20.2 Å². The van der Waals surface area contributed by atoms with Crippen LogP contribution in [0.25, 0.3) is 22.1 Å². The van der Waals surface area contributed by atoms with Crippen LogP contribution in [0.4, 0.5) is 5.69 Å². The van der Waals surface area contributed by atoms with Gasteiger partial charge < -0.3 is 4.98 Å². The number of para-hydroxylation sites is 1. The van der Waals surface area contributed by atoms with Crippen LogP contribution in [-0.4, -0.2) is 36.6 Å². The number of benzene rings is 2. The molecule has 2 heterocycles. The largest absolute Gasteiger partial charge is 0.338 e. The maximum Gasteiger partial charge on any atom is 0.270 e. The predicted molar refractivity (Wildman–Crippen MR) is 97.3 cm³/mol.